The van der Waals surface area contributed by atoms with Crippen molar-refractivity contribution in [3.63, 3.8) is 0 Å². The third-order valence-electron chi connectivity index (χ3n) is 8.63. The molecule has 186 valence electrons. The van der Waals surface area contributed by atoms with Crippen LogP contribution in [0.25, 0.3) is 0 Å². The highest BCUT2D eigenvalue weighted by Gasteiger charge is 2.53. The molecule has 0 unspecified atom stereocenters. The van der Waals surface area contributed by atoms with E-state index in [1.807, 2.05) is 0 Å². The Kier molecular flexibility index (Phi) is 6.21. The second kappa shape index (κ2) is 8.90. The Hall–Kier alpha value is -2.00. The molecule has 5 aliphatic rings. The molecule has 0 aromatic heterocycles. The number of carbonyl (C=O) groups is 2. The van der Waals surface area contributed by atoms with Gasteiger partial charge in [0.2, 0.25) is 10.0 Å². The number of nitrogens with one attached hydrogen (secondary N) is 1. The summed E-state index contributed by atoms with van der Waals surface area (Å²) in [5, 5.41) is 3.06. The Bertz CT molecular complexity index is 1040. The first-order valence-electron chi connectivity index (χ1n) is 12.4. The Morgan fingerprint density at radius 2 is 1.76 bits per heavy atom. The van der Waals surface area contributed by atoms with Crippen molar-refractivity contribution in [3.8, 4) is 0 Å². The summed E-state index contributed by atoms with van der Waals surface area (Å²) in [7, 11) is -4.19. The summed E-state index contributed by atoms with van der Waals surface area (Å²) < 4.78 is 46.3. The molecule has 1 amide bonds. The third kappa shape index (κ3) is 4.26. The van der Waals surface area contributed by atoms with Crippen LogP contribution in [-0.4, -0.2) is 49.8 Å². The van der Waals surface area contributed by atoms with Crippen LogP contribution in [0.4, 0.5) is 4.39 Å². The molecule has 1 aromatic rings. The van der Waals surface area contributed by atoms with Gasteiger partial charge in [0.1, 0.15) is 16.8 Å². The Labute approximate surface area is 200 Å². The van der Waals surface area contributed by atoms with Crippen molar-refractivity contribution < 1.29 is 27.1 Å². The molecule has 9 heteroatoms. The van der Waals surface area contributed by atoms with Gasteiger partial charge < -0.3 is 10.1 Å². The number of hydrogen-bond acceptors (Lipinski definition) is 5. The minimum Gasteiger partial charge on any atom is -0.454 e. The lowest BCUT2D eigenvalue weighted by Crippen LogP contribution is -2.56. The molecular weight excluding hydrogens is 459 g/mol. The van der Waals surface area contributed by atoms with Crippen LogP contribution in [0.3, 0.4) is 0 Å². The summed E-state index contributed by atoms with van der Waals surface area (Å²) in [4.78, 5) is 24.9. The summed E-state index contributed by atoms with van der Waals surface area (Å²) >= 11 is 0. The quantitative estimate of drug-likeness (QED) is 0.590. The lowest BCUT2D eigenvalue weighted by Gasteiger charge is -2.59. The largest absolute Gasteiger partial charge is 0.454 e. The highest BCUT2D eigenvalue weighted by molar-refractivity contribution is 7.89. The van der Waals surface area contributed by atoms with Gasteiger partial charge in [-0.3, -0.25) is 9.59 Å². The van der Waals surface area contributed by atoms with Crippen molar-refractivity contribution in [2.75, 3.05) is 13.2 Å². The zero-order chi connectivity index (χ0) is 24.1. The van der Waals surface area contributed by atoms with Gasteiger partial charge in [0.15, 0.2) is 6.61 Å². The number of carbonyl (C=O) groups excluding carboxylic acids is 2. The van der Waals surface area contributed by atoms with Crippen molar-refractivity contribution in [2.24, 2.45) is 23.2 Å². The monoisotopic (exact) mass is 492 g/mol. The van der Waals surface area contributed by atoms with Gasteiger partial charge in [-0.25, -0.2) is 12.8 Å². The van der Waals surface area contributed by atoms with Gasteiger partial charge in [-0.1, -0.05) is 12.1 Å². The third-order valence-corrected chi connectivity index (χ3v) is 10.6. The maximum atomic E-state index is 14.1. The molecule has 1 aromatic carbocycles. The van der Waals surface area contributed by atoms with Crippen molar-refractivity contribution >= 4 is 21.9 Å². The predicted octanol–water partition coefficient (Wildman–Crippen LogP) is 3.24. The van der Waals surface area contributed by atoms with Gasteiger partial charge in [-0.15, -0.1) is 0 Å². The average Bonchev–Trinajstić information content (AvgIpc) is 3.28. The Balaban J connectivity index is 1.18. The molecule has 0 spiro atoms. The molecule has 6 rings (SSSR count). The molecule has 0 radical (unpaired) electrons. The van der Waals surface area contributed by atoms with Gasteiger partial charge in [0.05, 0.1) is 0 Å². The van der Waals surface area contributed by atoms with Crippen LogP contribution < -0.4 is 5.32 Å². The van der Waals surface area contributed by atoms with Crippen LogP contribution >= 0.6 is 0 Å². The van der Waals surface area contributed by atoms with E-state index in [0.717, 1.165) is 47.4 Å². The molecule has 34 heavy (non-hydrogen) atoms. The van der Waals surface area contributed by atoms with E-state index in [9.17, 15) is 22.4 Å². The maximum Gasteiger partial charge on any atom is 0.324 e. The van der Waals surface area contributed by atoms with Crippen LogP contribution in [-0.2, 0) is 24.3 Å². The first kappa shape index (κ1) is 23.7. The van der Waals surface area contributed by atoms with Crippen LogP contribution in [0.1, 0.15) is 58.3 Å². The highest BCUT2D eigenvalue weighted by atomic mass is 32.2. The fourth-order valence-corrected chi connectivity index (χ4v) is 9.13. The highest BCUT2D eigenvalue weighted by Crippen LogP contribution is 2.61. The SMILES string of the molecule is C[C@H](NC(=O)COC(=O)[C@@H]1CCCN1S(=O)(=O)c1ccccc1F)C12CC3CC(CC(C3)C1)C2. The van der Waals surface area contributed by atoms with Gasteiger partial charge >= 0.3 is 5.97 Å². The zero-order valence-corrected chi connectivity index (χ0v) is 20.4. The molecule has 1 heterocycles. The second-order valence-corrected chi connectivity index (χ2v) is 12.7. The van der Waals surface area contributed by atoms with Crippen molar-refractivity contribution in [3.05, 3.63) is 30.1 Å². The molecule has 4 bridgehead atoms. The molecule has 1 N–H and O–H groups in total. The van der Waals surface area contributed by atoms with Crippen LogP contribution in [0, 0.1) is 29.0 Å². The second-order valence-electron chi connectivity index (χ2n) is 10.9. The van der Waals surface area contributed by atoms with Gasteiger partial charge in [-0.05, 0) is 93.6 Å². The van der Waals surface area contributed by atoms with Crippen molar-refractivity contribution in [1.82, 2.24) is 9.62 Å². The standard InChI is InChI=1S/C25H33FN2O5S/c1-16(25-12-17-9-18(13-25)11-19(10-17)14-25)27-23(29)15-33-24(30)21-6-4-8-28(21)34(31,32)22-7-3-2-5-20(22)26/h2-3,5,7,16-19,21H,4,6,8-15H2,1H3,(H,27,29)/t16-,17?,18?,19?,21-,25?/m0/s1. The van der Waals surface area contributed by atoms with E-state index in [4.69, 9.17) is 4.74 Å². The summed E-state index contributed by atoms with van der Waals surface area (Å²) in [6, 6.07) is 4.06. The smallest absolute Gasteiger partial charge is 0.324 e. The molecule has 4 aliphatic carbocycles. The van der Waals surface area contributed by atoms with Crippen molar-refractivity contribution in [2.45, 2.75) is 75.3 Å². The fourth-order valence-electron chi connectivity index (χ4n) is 7.42. The lowest BCUT2D eigenvalue weighted by molar-refractivity contribution is -0.152. The summed E-state index contributed by atoms with van der Waals surface area (Å²) in [6.45, 7) is 1.72. The maximum absolute atomic E-state index is 14.1. The van der Waals surface area contributed by atoms with Gasteiger partial charge in [0.25, 0.3) is 5.91 Å². The van der Waals surface area contributed by atoms with E-state index in [1.54, 1.807) is 0 Å². The van der Waals surface area contributed by atoms with Gasteiger partial charge in [-0.2, -0.15) is 4.31 Å². The fraction of sp³-hybridized carbons (Fsp3) is 0.680. The normalized spacial score (nSPS) is 33.6. The summed E-state index contributed by atoms with van der Waals surface area (Å²) in [6.07, 6.45) is 8.18. The van der Waals surface area contributed by atoms with E-state index in [-0.39, 0.29) is 30.3 Å². The number of halogens is 1. The van der Waals surface area contributed by atoms with Crippen LogP contribution in [0.2, 0.25) is 0 Å². The topological polar surface area (TPSA) is 92.8 Å². The summed E-state index contributed by atoms with van der Waals surface area (Å²) in [5.41, 5.74) is 0.143. The number of benzene rings is 1. The first-order chi connectivity index (χ1) is 16.2. The van der Waals surface area contributed by atoms with Crippen LogP contribution in [0.15, 0.2) is 29.2 Å². The average molecular weight is 493 g/mol. The lowest BCUT2D eigenvalue weighted by atomic mass is 9.48. The molecule has 4 saturated carbocycles. The number of nitrogens with zero attached hydrogens (tertiary/aromatic N) is 1. The van der Waals surface area contributed by atoms with E-state index >= 15 is 0 Å². The van der Waals surface area contributed by atoms with Crippen LogP contribution in [0.5, 0.6) is 0 Å². The van der Waals surface area contributed by atoms with E-state index in [0.29, 0.717) is 6.42 Å². The Morgan fingerprint density at radius 3 is 2.38 bits per heavy atom. The zero-order valence-electron chi connectivity index (χ0n) is 19.5. The first-order valence-corrected chi connectivity index (χ1v) is 13.8. The summed E-state index contributed by atoms with van der Waals surface area (Å²) in [5.74, 6) is 0.322. The molecule has 1 saturated heterocycles. The number of amides is 1. The minimum atomic E-state index is -4.19. The molecule has 2 atom stereocenters. The van der Waals surface area contributed by atoms with E-state index in [2.05, 4.69) is 12.2 Å². The number of hydrogen-bond donors (Lipinski definition) is 1. The number of esters is 1. The molecular formula is C25H33FN2O5S. The number of sulfonamides is 1. The minimum absolute atomic E-state index is 0.0107. The van der Waals surface area contributed by atoms with E-state index in [1.165, 1.54) is 37.5 Å². The molecule has 5 fully saturated rings. The number of rotatable bonds is 7. The Morgan fingerprint density at radius 1 is 1.15 bits per heavy atom. The van der Waals surface area contributed by atoms with Crippen molar-refractivity contribution in [1.29, 1.82) is 0 Å². The molecule has 7 nitrogen and oxygen atoms in total. The predicted molar refractivity (Wildman–Crippen MR) is 122 cm³/mol. The number of ether oxygens (including phenoxy) is 1. The van der Waals surface area contributed by atoms with E-state index < -0.39 is 39.4 Å². The van der Waals surface area contributed by atoms with Gasteiger partial charge in [0, 0.05) is 12.6 Å². The molecule has 1 aliphatic heterocycles.